The zero-order valence-electron chi connectivity index (χ0n) is 11.6. The van der Waals surface area contributed by atoms with Crippen LogP contribution in [-0.4, -0.2) is 23.6 Å². The van der Waals surface area contributed by atoms with Gasteiger partial charge in [-0.1, -0.05) is 29.8 Å². The van der Waals surface area contributed by atoms with Crippen molar-refractivity contribution in [3.05, 3.63) is 64.7 Å². The fourth-order valence-corrected chi connectivity index (χ4v) is 1.91. The zero-order chi connectivity index (χ0) is 15.9. The van der Waals surface area contributed by atoms with E-state index < -0.39 is 18.5 Å². The van der Waals surface area contributed by atoms with Crippen LogP contribution in [0.2, 0.25) is 5.02 Å². The summed E-state index contributed by atoms with van der Waals surface area (Å²) in [5.41, 5.74) is 1.53. The summed E-state index contributed by atoms with van der Waals surface area (Å²) in [4.78, 5) is 23.5. The third-order valence-corrected chi connectivity index (χ3v) is 3.05. The van der Waals surface area contributed by atoms with Crippen molar-refractivity contribution in [3.8, 4) is 0 Å². The molecule has 0 radical (unpaired) electrons. The van der Waals surface area contributed by atoms with E-state index in [4.69, 9.17) is 21.4 Å². The molecule has 22 heavy (non-hydrogen) atoms. The molecular weight excluding hydrogens is 306 g/mol. The van der Waals surface area contributed by atoms with Gasteiger partial charge in [0.05, 0.1) is 12.2 Å². The fourth-order valence-electron chi connectivity index (χ4n) is 1.72. The second kappa shape index (κ2) is 7.59. The molecule has 0 unspecified atom stereocenters. The SMILES string of the molecule is O=C(COC(=O)c1ccc(CO)cc1)Nc1cccc(Cl)c1. The monoisotopic (exact) mass is 319 g/mol. The summed E-state index contributed by atoms with van der Waals surface area (Å²) in [6.45, 7) is -0.496. The van der Waals surface area contributed by atoms with Gasteiger partial charge in [0.25, 0.3) is 5.91 Å². The van der Waals surface area contributed by atoms with E-state index in [-0.39, 0.29) is 6.61 Å². The highest BCUT2D eigenvalue weighted by Crippen LogP contribution is 2.14. The molecule has 0 aromatic heterocycles. The maximum Gasteiger partial charge on any atom is 0.338 e. The lowest BCUT2D eigenvalue weighted by Crippen LogP contribution is -2.20. The number of hydrogen-bond acceptors (Lipinski definition) is 4. The highest BCUT2D eigenvalue weighted by Gasteiger charge is 2.10. The standard InChI is InChI=1S/C16H14ClNO4/c17-13-2-1-3-14(8-13)18-15(20)10-22-16(21)12-6-4-11(9-19)5-7-12/h1-8,19H,9-10H2,(H,18,20). The van der Waals surface area contributed by atoms with Gasteiger partial charge in [0.15, 0.2) is 6.61 Å². The van der Waals surface area contributed by atoms with Gasteiger partial charge in [0.1, 0.15) is 0 Å². The van der Waals surface area contributed by atoms with Gasteiger partial charge in [-0.05, 0) is 35.9 Å². The number of halogens is 1. The van der Waals surface area contributed by atoms with Crippen LogP contribution < -0.4 is 5.32 Å². The topological polar surface area (TPSA) is 75.6 Å². The molecule has 0 fully saturated rings. The molecule has 5 nitrogen and oxygen atoms in total. The fraction of sp³-hybridized carbons (Fsp3) is 0.125. The molecule has 2 N–H and O–H groups in total. The molecule has 2 rings (SSSR count). The molecule has 0 atom stereocenters. The minimum Gasteiger partial charge on any atom is -0.452 e. The first-order valence-electron chi connectivity index (χ1n) is 6.51. The molecule has 6 heteroatoms. The van der Waals surface area contributed by atoms with Gasteiger partial charge in [-0.2, -0.15) is 0 Å². The van der Waals surface area contributed by atoms with E-state index in [1.54, 1.807) is 36.4 Å². The third kappa shape index (κ3) is 4.58. The van der Waals surface area contributed by atoms with Gasteiger partial charge in [-0.15, -0.1) is 0 Å². The number of esters is 1. The van der Waals surface area contributed by atoms with Crippen molar-refractivity contribution >= 4 is 29.2 Å². The maximum atomic E-state index is 11.8. The van der Waals surface area contributed by atoms with Crippen molar-refractivity contribution < 1.29 is 19.4 Å². The van der Waals surface area contributed by atoms with Crippen molar-refractivity contribution in [3.63, 3.8) is 0 Å². The average molecular weight is 320 g/mol. The van der Waals surface area contributed by atoms with Crippen LogP contribution in [0.15, 0.2) is 48.5 Å². The number of nitrogens with one attached hydrogen (secondary N) is 1. The highest BCUT2D eigenvalue weighted by molar-refractivity contribution is 6.30. The van der Waals surface area contributed by atoms with Crippen molar-refractivity contribution in [1.82, 2.24) is 0 Å². The average Bonchev–Trinajstić information content (AvgIpc) is 2.52. The van der Waals surface area contributed by atoms with E-state index in [1.807, 2.05) is 0 Å². The Morgan fingerprint density at radius 2 is 1.86 bits per heavy atom. The van der Waals surface area contributed by atoms with Crippen LogP contribution in [-0.2, 0) is 16.1 Å². The minimum absolute atomic E-state index is 0.0998. The molecular formula is C16H14ClNO4. The van der Waals surface area contributed by atoms with Crippen molar-refractivity contribution in [1.29, 1.82) is 0 Å². The van der Waals surface area contributed by atoms with Gasteiger partial charge >= 0.3 is 5.97 Å². The summed E-state index contributed by atoms with van der Waals surface area (Å²) in [7, 11) is 0. The number of rotatable bonds is 5. The Balaban J connectivity index is 1.86. The van der Waals surface area contributed by atoms with E-state index in [0.717, 1.165) is 0 Å². The number of benzene rings is 2. The largest absolute Gasteiger partial charge is 0.452 e. The number of hydrogen-bond donors (Lipinski definition) is 2. The van der Waals surface area contributed by atoms with Gasteiger partial charge in [0, 0.05) is 10.7 Å². The summed E-state index contributed by atoms with van der Waals surface area (Å²) >= 11 is 5.81. The third-order valence-electron chi connectivity index (χ3n) is 2.81. The minimum atomic E-state index is -0.606. The molecule has 0 saturated carbocycles. The van der Waals surface area contributed by atoms with E-state index in [2.05, 4.69) is 5.32 Å². The van der Waals surface area contributed by atoms with Crippen LogP contribution in [0.3, 0.4) is 0 Å². The van der Waals surface area contributed by atoms with Crippen LogP contribution in [0.25, 0.3) is 0 Å². The van der Waals surface area contributed by atoms with Crippen LogP contribution >= 0.6 is 11.6 Å². The second-order valence-electron chi connectivity index (χ2n) is 4.49. The Kier molecular flexibility index (Phi) is 5.52. The molecule has 2 aromatic carbocycles. The van der Waals surface area contributed by atoms with E-state index >= 15 is 0 Å². The predicted molar refractivity (Wildman–Crippen MR) is 82.7 cm³/mol. The highest BCUT2D eigenvalue weighted by atomic mass is 35.5. The number of amides is 1. The first kappa shape index (κ1) is 16.0. The number of carbonyl (C=O) groups is 2. The molecule has 1 amide bonds. The van der Waals surface area contributed by atoms with Gasteiger partial charge < -0.3 is 15.2 Å². The van der Waals surface area contributed by atoms with Gasteiger partial charge in [0.2, 0.25) is 0 Å². The number of anilines is 1. The quantitative estimate of drug-likeness (QED) is 0.831. The molecule has 0 bridgehead atoms. The summed E-state index contributed by atoms with van der Waals surface area (Å²) in [6.07, 6.45) is 0. The number of carbonyl (C=O) groups excluding carboxylic acids is 2. The Labute approximate surface area is 132 Å². The first-order valence-corrected chi connectivity index (χ1v) is 6.88. The molecule has 2 aromatic rings. The predicted octanol–water partition coefficient (Wildman–Crippen LogP) is 2.63. The molecule has 0 aliphatic carbocycles. The van der Waals surface area contributed by atoms with Gasteiger partial charge in [-0.3, -0.25) is 4.79 Å². The Morgan fingerprint density at radius 1 is 1.14 bits per heavy atom. The zero-order valence-corrected chi connectivity index (χ0v) is 12.3. The molecule has 0 heterocycles. The van der Waals surface area contributed by atoms with Crippen molar-refractivity contribution in [2.75, 3.05) is 11.9 Å². The number of aliphatic hydroxyl groups excluding tert-OH is 1. The van der Waals surface area contributed by atoms with Crippen LogP contribution in [0.5, 0.6) is 0 Å². The lowest BCUT2D eigenvalue weighted by Gasteiger charge is -2.07. The summed E-state index contributed by atoms with van der Waals surface area (Å²) < 4.78 is 4.92. The summed E-state index contributed by atoms with van der Waals surface area (Å²) in [5, 5.41) is 12.0. The van der Waals surface area contributed by atoms with E-state index in [9.17, 15) is 9.59 Å². The lowest BCUT2D eigenvalue weighted by molar-refractivity contribution is -0.119. The van der Waals surface area contributed by atoms with Crippen LogP contribution in [0.1, 0.15) is 15.9 Å². The molecule has 0 aliphatic heterocycles. The summed E-state index contributed by atoms with van der Waals surface area (Å²) in [5.74, 6) is -1.06. The first-order chi connectivity index (χ1) is 10.6. The van der Waals surface area contributed by atoms with Crippen molar-refractivity contribution in [2.45, 2.75) is 6.61 Å². The van der Waals surface area contributed by atoms with E-state index in [0.29, 0.717) is 21.8 Å². The second-order valence-corrected chi connectivity index (χ2v) is 4.93. The van der Waals surface area contributed by atoms with Crippen LogP contribution in [0, 0.1) is 0 Å². The smallest absolute Gasteiger partial charge is 0.338 e. The Bertz CT molecular complexity index is 670. The number of ether oxygens (including phenoxy) is 1. The van der Waals surface area contributed by atoms with Gasteiger partial charge in [-0.25, -0.2) is 4.79 Å². The number of aliphatic hydroxyl groups is 1. The Morgan fingerprint density at radius 3 is 2.50 bits per heavy atom. The van der Waals surface area contributed by atoms with Crippen LogP contribution in [0.4, 0.5) is 5.69 Å². The normalized spacial score (nSPS) is 10.1. The lowest BCUT2D eigenvalue weighted by atomic mass is 10.1. The maximum absolute atomic E-state index is 11.8. The molecule has 0 aliphatic rings. The Hall–Kier alpha value is -2.37. The molecule has 0 spiro atoms. The molecule has 114 valence electrons. The summed E-state index contributed by atoms with van der Waals surface area (Å²) in [6, 6.07) is 12.9. The molecule has 0 saturated heterocycles. The van der Waals surface area contributed by atoms with Crippen molar-refractivity contribution in [2.24, 2.45) is 0 Å². The van der Waals surface area contributed by atoms with E-state index in [1.165, 1.54) is 12.1 Å².